The van der Waals surface area contributed by atoms with Crippen LogP contribution < -0.4 is 10.2 Å². The van der Waals surface area contributed by atoms with Crippen molar-refractivity contribution in [2.45, 2.75) is 6.92 Å². The summed E-state index contributed by atoms with van der Waals surface area (Å²) >= 11 is 0. The number of benzene rings is 1. The van der Waals surface area contributed by atoms with Gasteiger partial charge < -0.3 is 15.1 Å². The van der Waals surface area contributed by atoms with E-state index in [1.54, 1.807) is 17.0 Å². The van der Waals surface area contributed by atoms with E-state index in [1.165, 1.54) is 0 Å². The molecule has 7 nitrogen and oxygen atoms in total. The molecule has 1 aromatic carbocycles. The molecular weight excluding hydrogens is 306 g/mol. The van der Waals surface area contributed by atoms with Crippen LogP contribution in [0.3, 0.4) is 0 Å². The van der Waals surface area contributed by atoms with Crippen LogP contribution in [0.2, 0.25) is 0 Å². The van der Waals surface area contributed by atoms with Crippen LogP contribution in [0.4, 0.5) is 11.5 Å². The number of hydrogen-bond donors (Lipinski definition) is 1. The van der Waals surface area contributed by atoms with E-state index < -0.39 is 0 Å². The van der Waals surface area contributed by atoms with Crippen molar-refractivity contribution >= 4 is 23.8 Å². The molecule has 2 aromatic rings. The number of aryl methyl sites for hydroxylation is 1. The normalized spacial score (nSPS) is 14.4. The lowest BCUT2D eigenvalue weighted by atomic mass is 10.2. The number of para-hydroxylation sites is 1. The first-order valence-electron chi connectivity index (χ1n) is 7.82. The van der Waals surface area contributed by atoms with E-state index in [0.29, 0.717) is 32.0 Å². The summed E-state index contributed by atoms with van der Waals surface area (Å²) in [6, 6.07) is 11.0. The monoisotopic (exact) mass is 325 g/mol. The molecule has 2 amide bonds. The van der Waals surface area contributed by atoms with Gasteiger partial charge in [-0.3, -0.25) is 9.59 Å². The quantitative estimate of drug-likeness (QED) is 0.858. The fraction of sp³-hybridized carbons (Fsp3) is 0.294. The Morgan fingerprint density at radius 1 is 1.08 bits per heavy atom. The summed E-state index contributed by atoms with van der Waals surface area (Å²) in [5, 5.41) is 11.0. The van der Waals surface area contributed by atoms with E-state index in [1.807, 2.05) is 31.2 Å². The van der Waals surface area contributed by atoms with Gasteiger partial charge in [-0.25, -0.2) is 0 Å². The molecule has 0 spiro atoms. The smallest absolute Gasteiger partial charge is 0.276 e. The summed E-state index contributed by atoms with van der Waals surface area (Å²) in [4.78, 5) is 26.8. The number of rotatable bonds is 4. The molecule has 0 unspecified atom stereocenters. The number of anilines is 2. The minimum absolute atomic E-state index is 0.272. The number of nitrogens with zero attached hydrogens (tertiary/aromatic N) is 4. The van der Waals surface area contributed by atoms with Gasteiger partial charge >= 0.3 is 0 Å². The van der Waals surface area contributed by atoms with E-state index >= 15 is 0 Å². The fourth-order valence-electron chi connectivity index (χ4n) is 2.57. The number of amides is 2. The van der Waals surface area contributed by atoms with E-state index in [2.05, 4.69) is 20.4 Å². The van der Waals surface area contributed by atoms with Crippen molar-refractivity contribution in [1.82, 2.24) is 15.1 Å². The largest absolute Gasteiger partial charge is 0.352 e. The van der Waals surface area contributed by atoms with Crippen molar-refractivity contribution < 1.29 is 9.59 Å². The third-order valence-electron chi connectivity index (χ3n) is 4.06. The van der Waals surface area contributed by atoms with Crippen LogP contribution >= 0.6 is 0 Å². The lowest BCUT2D eigenvalue weighted by Gasteiger charge is -2.32. The minimum Gasteiger partial charge on any atom is -0.352 e. The molecule has 0 aliphatic carbocycles. The number of carbonyl (C=O) groups is 2. The van der Waals surface area contributed by atoms with Crippen LogP contribution in [0.25, 0.3) is 0 Å². The van der Waals surface area contributed by atoms with Crippen molar-refractivity contribution in [3.63, 3.8) is 0 Å². The molecule has 1 aliphatic heterocycles. The average molecular weight is 325 g/mol. The predicted molar refractivity (Wildman–Crippen MR) is 91.0 cm³/mol. The topological polar surface area (TPSA) is 78.4 Å². The zero-order valence-electron chi connectivity index (χ0n) is 13.5. The molecule has 24 heavy (non-hydrogen) atoms. The van der Waals surface area contributed by atoms with Crippen LogP contribution in [0, 0.1) is 6.92 Å². The third kappa shape index (κ3) is 3.51. The zero-order valence-corrected chi connectivity index (χ0v) is 13.5. The molecular formula is C17H19N5O2. The van der Waals surface area contributed by atoms with Gasteiger partial charge in [0.1, 0.15) is 0 Å². The Bertz CT molecular complexity index is 724. The highest BCUT2D eigenvalue weighted by atomic mass is 16.2. The first-order chi connectivity index (χ1) is 11.7. The summed E-state index contributed by atoms with van der Waals surface area (Å²) in [5.41, 5.74) is 2.02. The number of piperazine rings is 1. The second-order valence-corrected chi connectivity index (χ2v) is 5.67. The van der Waals surface area contributed by atoms with Crippen LogP contribution in [-0.4, -0.2) is 53.6 Å². The molecule has 7 heteroatoms. The Hall–Kier alpha value is -2.96. The molecule has 0 atom stereocenters. The minimum atomic E-state index is -0.283. The predicted octanol–water partition coefficient (Wildman–Crippen LogP) is 1.32. The van der Waals surface area contributed by atoms with Gasteiger partial charge in [-0.1, -0.05) is 18.2 Å². The van der Waals surface area contributed by atoms with E-state index in [9.17, 15) is 9.59 Å². The molecule has 0 saturated carbocycles. The highest BCUT2D eigenvalue weighted by molar-refractivity contribution is 6.03. The summed E-state index contributed by atoms with van der Waals surface area (Å²) in [7, 11) is 0. The molecule has 3 rings (SSSR count). The summed E-state index contributed by atoms with van der Waals surface area (Å²) in [6.07, 6.45) is 0.863. The maximum Gasteiger partial charge on any atom is 0.276 e. The van der Waals surface area contributed by atoms with Gasteiger partial charge in [0.15, 0.2) is 11.5 Å². The van der Waals surface area contributed by atoms with Gasteiger partial charge in [0.2, 0.25) is 6.41 Å². The molecule has 1 aromatic heterocycles. The van der Waals surface area contributed by atoms with Gasteiger partial charge in [-0.05, 0) is 30.7 Å². The molecule has 2 heterocycles. The zero-order chi connectivity index (χ0) is 16.9. The number of carbonyl (C=O) groups excluding carboxylic acids is 2. The van der Waals surface area contributed by atoms with E-state index in [0.717, 1.165) is 17.7 Å². The molecule has 0 radical (unpaired) electrons. The molecule has 1 saturated heterocycles. The lowest BCUT2D eigenvalue weighted by Crippen LogP contribution is -2.46. The Morgan fingerprint density at radius 2 is 1.83 bits per heavy atom. The Morgan fingerprint density at radius 3 is 2.46 bits per heavy atom. The van der Waals surface area contributed by atoms with E-state index in [4.69, 9.17) is 0 Å². The van der Waals surface area contributed by atoms with Crippen molar-refractivity contribution in [3.8, 4) is 0 Å². The number of hydrogen-bond acceptors (Lipinski definition) is 5. The van der Waals surface area contributed by atoms with E-state index in [-0.39, 0.29) is 11.6 Å². The molecule has 1 aliphatic rings. The van der Waals surface area contributed by atoms with Crippen LogP contribution in [-0.2, 0) is 4.79 Å². The van der Waals surface area contributed by atoms with Crippen molar-refractivity contribution in [2.24, 2.45) is 0 Å². The summed E-state index contributed by atoms with van der Waals surface area (Å²) in [5.74, 6) is 0.433. The molecule has 1 N–H and O–H groups in total. The Balaban J connectivity index is 1.65. The van der Waals surface area contributed by atoms with Crippen LogP contribution in [0.5, 0.6) is 0 Å². The van der Waals surface area contributed by atoms with Gasteiger partial charge in [0.05, 0.1) is 0 Å². The standard InChI is InChI=1S/C17H19N5O2/c1-13-4-2-3-5-14(13)18-17(24)15-6-7-16(20-19-15)22-10-8-21(12-23)9-11-22/h2-7,12H,8-11H2,1H3,(H,18,24). The van der Waals surface area contributed by atoms with Gasteiger partial charge in [0, 0.05) is 31.9 Å². The molecule has 1 fully saturated rings. The highest BCUT2D eigenvalue weighted by Crippen LogP contribution is 2.15. The summed E-state index contributed by atoms with van der Waals surface area (Å²) in [6.45, 7) is 4.69. The lowest BCUT2D eigenvalue weighted by molar-refractivity contribution is -0.118. The average Bonchev–Trinajstić information content (AvgIpc) is 2.64. The number of nitrogens with one attached hydrogen (secondary N) is 1. The van der Waals surface area contributed by atoms with Crippen LogP contribution in [0.15, 0.2) is 36.4 Å². The SMILES string of the molecule is Cc1ccccc1NC(=O)c1ccc(N2CCN(C=O)CC2)nn1. The van der Waals surface area contributed by atoms with Crippen LogP contribution in [0.1, 0.15) is 16.1 Å². The Labute approximate surface area is 140 Å². The summed E-state index contributed by atoms with van der Waals surface area (Å²) < 4.78 is 0. The Kier molecular flexibility index (Phi) is 4.69. The van der Waals surface area contributed by atoms with Crippen molar-refractivity contribution in [1.29, 1.82) is 0 Å². The molecule has 124 valence electrons. The van der Waals surface area contributed by atoms with Crippen molar-refractivity contribution in [3.05, 3.63) is 47.7 Å². The number of aromatic nitrogens is 2. The van der Waals surface area contributed by atoms with Gasteiger partial charge in [0.25, 0.3) is 5.91 Å². The maximum atomic E-state index is 12.3. The van der Waals surface area contributed by atoms with Gasteiger partial charge in [-0.15, -0.1) is 10.2 Å². The molecule has 0 bridgehead atoms. The fourth-order valence-corrected chi connectivity index (χ4v) is 2.57. The second-order valence-electron chi connectivity index (χ2n) is 5.67. The first kappa shape index (κ1) is 15.9. The third-order valence-corrected chi connectivity index (χ3v) is 4.06. The van der Waals surface area contributed by atoms with Gasteiger partial charge in [-0.2, -0.15) is 0 Å². The maximum absolute atomic E-state index is 12.3. The highest BCUT2D eigenvalue weighted by Gasteiger charge is 2.18. The van der Waals surface area contributed by atoms with Crippen molar-refractivity contribution in [2.75, 3.05) is 36.4 Å². The second kappa shape index (κ2) is 7.08. The first-order valence-corrected chi connectivity index (χ1v) is 7.82.